The number of H-pyrrole nitrogens is 1. The summed E-state index contributed by atoms with van der Waals surface area (Å²) in [6.45, 7) is 4.37. The summed E-state index contributed by atoms with van der Waals surface area (Å²) in [5.74, 6) is 0.766. The highest BCUT2D eigenvalue weighted by atomic mass is 35.5. The van der Waals surface area contributed by atoms with E-state index in [9.17, 15) is 4.79 Å². The molecular formula is C19H20ClN3OS. The first-order valence-corrected chi connectivity index (χ1v) is 9.59. The van der Waals surface area contributed by atoms with E-state index in [0.29, 0.717) is 21.8 Å². The molecule has 1 amide bonds. The Morgan fingerprint density at radius 1 is 1.28 bits per heavy atom. The van der Waals surface area contributed by atoms with E-state index in [1.54, 1.807) is 6.07 Å². The molecule has 0 unspecified atom stereocenters. The number of carbonyl (C=O) groups excluding carboxylic acids is 1. The maximum atomic E-state index is 12.1. The molecule has 4 nitrogen and oxygen atoms in total. The number of benzene rings is 2. The number of halogens is 1. The zero-order valence-corrected chi connectivity index (χ0v) is 15.7. The van der Waals surface area contributed by atoms with E-state index in [1.165, 1.54) is 17.3 Å². The van der Waals surface area contributed by atoms with Crippen molar-refractivity contribution in [1.82, 2.24) is 9.97 Å². The first kappa shape index (κ1) is 17.8. The second-order valence-corrected chi connectivity index (χ2v) is 7.37. The van der Waals surface area contributed by atoms with Gasteiger partial charge in [0.15, 0.2) is 5.16 Å². The number of hydrogen-bond acceptors (Lipinski definition) is 3. The lowest BCUT2D eigenvalue weighted by atomic mass is 9.99. The lowest BCUT2D eigenvalue weighted by Crippen LogP contribution is -2.14. The molecule has 6 heteroatoms. The van der Waals surface area contributed by atoms with Gasteiger partial charge in [-0.25, -0.2) is 4.98 Å². The van der Waals surface area contributed by atoms with Crippen molar-refractivity contribution in [2.24, 2.45) is 0 Å². The Morgan fingerprint density at radius 2 is 2.04 bits per heavy atom. The average Bonchev–Trinajstić information content (AvgIpc) is 3.02. The number of nitrogens with one attached hydrogen (secondary N) is 2. The number of amides is 1. The number of imidazole rings is 1. The summed E-state index contributed by atoms with van der Waals surface area (Å²) in [6, 6.07) is 13.5. The molecule has 1 atom stereocenters. The molecule has 2 N–H and O–H groups in total. The smallest absolute Gasteiger partial charge is 0.234 e. The van der Waals surface area contributed by atoms with Crippen molar-refractivity contribution < 1.29 is 4.79 Å². The fourth-order valence-corrected chi connectivity index (χ4v) is 3.35. The van der Waals surface area contributed by atoms with Crippen LogP contribution in [0.3, 0.4) is 0 Å². The van der Waals surface area contributed by atoms with Crippen molar-refractivity contribution in [3.63, 3.8) is 0 Å². The molecule has 130 valence electrons. The van der Waals surface area contributed by atoms with Crippen LogP contribution >= 0.6 is 23.4 Å². The molecule has 3 aromatic rings. The van der Waals surface area contributed by atoms with Crippen LogP contribution in [0, 0.1) is 0 Å². The molecule has 0 aliphatic rings. The third-order valence-corrected chi connectivity index (χ3v) is 5.25. The van der Waals surface area contributed by atoms with Crippen LogP contribution in [-0.4, -0.2) is 21.6 Å². The summed E-state index contributed by atoms with van der Waals surface area (Å²) in [5.41, 5.74) is 3.81. The zero-order chi connectivity index (χ0) is 17.8. The molecule has 0 aliphatic carbocycles. The molecule has 0 radical (unpaired) electrons. The van der Waals surface area contributed by atoms with Crippen LogP contribution < -0.4 is 5.32 Å². The van der Waals surface area contributed by atoms with Crippen molar-refractivity contribution in [2.45, 2.75) is 31.3 Å². The molecule has 0 saturated carbocycles. The van der Waals surface area contributed by atoms with Crippen LogP contribution in [0.1, 0.15) is 31.7 Å². The van der Waals surface area contributed by atoms with Crippen LogP contribution in [0.5, 0.6) is 0 Å². The normalized spacial score (nSPS) is 12.3. The Bertz CT molecular complexity index is 876. The largest absolute Gasteiger partial charge is 0.333 e. The minimum Gasteiger partial charge on any atom is -0.333 e. The fraction of sp³-hybridized carbons (Fsp3) is 0.263. The predicted molar refractivity (Wildman–Crippen MR) is 106 cm³/mol. The third kappa shape index (κ3) is 4.55. The molecule has 1 heterocycles. The van der Waals surface area contributed by atoms with E-state index in [1.807, 2.05) is 24.3 Å². The summed E-state index contributed by atoms with van der Waals surface area (Å²) in [7, 11) is 0. The van der Waals surface area contributed by atoms with Crippen LogP contribution in [0.4, 0.5) is 5.69 Å². The van der Waals surface area contributed by atoms with Gasteiger partial charge in [0.2, 0.25) is 5.91 Å². The predicted octanol–water partition coefficient (Wildman–Crippen LogP) is 5.46. The van der Waals surface area contributed by atoms with Crippen molar-refractivity contribution in [1.29, 1.82) is 0 Å². The van der Waals surface area contributed by atoms with Crippen molar-refractivity contribution in [2.75, 3.05) is 11.1 Å². The van der Waals surface area contributed by atoms with E-state index >= 15 is 0 Å². The molecule has 0 fully saturated rings. The van der Waals surface area contributed by atoms with E-state index in [-0.39, 0.29) is 5.91 Å². The minimum atomic E-state index is -0.0558. The van der Waals surface area contributed by atoms with Crippen LogP contribution in [0.2, 0.25) is 5.02 Å². The van der Waals surface area contributed by atoms with Gasteiger partial charge in [-0.05, 0) is 48.2 Å². The fourth-order valence-electron chi connectivity index (χ4n) is 2.49. The maximum Gasteiger partial charge on any atom is 0.234 e. The molecule has 1 aromatic heterocycles. The Kier molecular flexibility index (Phi) is 5.66. The average molecular weight is 374 g/mol. The van der Waals surface area contributed by atoms with Gasteiger partial charge in [-0.2, -0.15) is 0 Å². The summed E-state index contributed by atoms with van der Waals surface area (Å²) in [4.78, 5) is 19.7. The highest BCUT2D eigenvalue weighted by Crippen LogP contribution is 2.23. The zero-order valence-electron chi connectivity index (χ0n) is 14.2. The highest BCUT2D eigenvalue weighted by Gasteiger charge is 2.09. The Labute approximate surface area is 156 Å². The van der Waals surface area contributed by atoms with E-state index < -0.39 is 0 Å². The molecule has 0 bridgehead atoms. The van der Waals surface area contributed by atoms with Gasteiger partial charge in [0.25, 0.3) is 0 Å². The number of thioether (sulfide) groups is 1. The Morgan fingerprint density at radius 3 is 2.76 bits per heavy atom. The Balaban J connectivity index is 1.56. The van der Waals surface area contributed by atoms with Gasteiger partial charge in [-0.3, -0.25) is 4.79 Å². The molecular weight excluding hydrogens is 354 g/mol. The van der Waals surface area contributed by atoms with Crippen molar-refractivity contribution in [3.8, 4) is 0 Å². The van der Waals surface area contributed by atoms with E-state index in [0.717, 1.165) is 23.1 Å². The second-order valence-electron chi connectivity index (χ2n) is 5.97. The minimum absolute atomic E-state index is 0.0558. The SMILES string of the molecule is CC[C@@H](C)c1ccc(NC(=O)CSc2nc3ccc(Cl)cc3[nH]2)cc1. The first-order chi connectivity index (χ1) is 12.0. The summed E-state index contributed by atoms with van der Waals surface area (Å²) >= 11 is 7.34. The molecule has 0 saturated heterocycles. The van der Waals surface area contributed by atoms with Gasteiger partial charge >= 0.3 is 0 Å². The summed E-state index contributed by atoms with van der Waals surface area (Å²) in [6.07, 6.45) is 1.10. The molecule has 0 aliphatic heterocycles. The monoisotopic (exact) mass is 373 g/mol. The molecule has 25 heavy (non-hydrogen) atoms. The molecule has 3 rings (SSSR count). The quantitative estimate of drug-likeness (QED) is 0.564. The Hall–Kier alpha value is -1.98. The third-order valence-electron chi connectivity index (χ3n) is 4.14. The lowest BCUT2D eigenvalue weighted by molar-refractivity contribution is -0.113. The van der Waals surface area contributed by atoms with Gasteiger partial charge < -0.3 is 10.3 Å². The van der Waals surface area contributed by atoms with E-state index in [4.69, 9.17) is 11.6 Å². The number of rotatable bonds is 6. The number of anilines is 1. The highest BCUT2D eigenvalue weighted by molar-refractivity contribution is 7.99. The van der Waals surface area contributed by atoms with Gasteiger partial charge in [-0.15, -0.1) is 0 Å². The van der Waals surface area contributed by atoms with Crippen LogP contribution in [0.15, 0.2) is 47.6 Å². The summed E-state index contributed by atoms with van der Waals surface area (Å²) < 4.78 is 0. The van der Waals surface area contributed by atoms with Crippen molar-refractivity contribution in [3.05, 3.63) is 53.1 Å². The second kappa shape index (κ2) is 7.93. The number of hydrogen-bond donors (Lipinski definition) is 2. The number of aromatic nitrogens is 2. The topological polar surface area (TPSA) is 57.8 Å². The van der Waals surface area contributed by atoms with Gasteiger partial charge in [-0.1, -0.05) is 49.3 Å². The van der Waals surface area contributed by atoms with Gasteiger partial charge in [0, 0.05) is 10.7 Å². The van der Waals surface area contributed by atoms with Crippen LogP contribution in [0.25, 0.3) is 11.0 Å². The molecule has 0 spiro atoms. The number of carbonyl (C=O) groups is 1. The molecule has 2 aromatic carbocycles. The number of aromatic amines is 1. The van der Waals surface area contributed by atoms with Crippen molar-refractivity contribution >= 4 is 46.0 Å². The van der Waals surface area contributed by atoms with E-state index in [2.05, 4.69) is 41.3 Å². The summed E-state index contributed by atoms with van der Waals surface area (Å²) in [5, 5.41) is 4.28. The standard InChI is InChI=1S/C19H20ClN3OS/c1-3-12(2)13-4-7-15(8-5-13)21-18(24)11-25-19-22-16-9-6-14(20)10-17(16)23-19/h4-10,12H,3,11H2,1-2H3,(H,21,24)(H,22,23)/t12-/m1/s1. The van der Waals surface area contributed by atoms with Crippen LogP contribution in [-0.2, 0) is 4.79 Å². The number of nitrogens with zero attached hydrogens (tertiary/aromatic N) is 1. The maximum absolute atomic E-state index is 12.1. The van der Waals surface area contributed by atoms with Gasteiger partial charge in [0.05, 0.1) is 16.8 Å². The van der Waals surface area contributed by atoms with Gasteiger partial charge in [0.1, 0.15) is 0 Å². The first-order valence-electron chi connectivity index (χ1n) is 8.23. The number of fused-ring (bicyclic) bond motifs is 1. The lowest BCUT2D eigenvalue weighted by Gasteiger charge is -2.10.